The number of nitrogens with zero attached hydrogens (tertiary/aromatic N) is 5. The minimum absolute atomic E-state index is 0.115. The normalized spacial score (nSPS) is 31.0. The molecule has 1 amide bonds. The Kier molecular flexibility index (Phi) is 8.51. The second-order valence-electron chi connectivity index (χ2n) is 12.5. The number of nitriles is 2. The summed E-state index contributed by atoms with van der Waals surface area (Å²) in [4.78, 5) is 22.8. The number of hydrogen-bond donors (Lipinski definition) is 0. The molecule has 4 aliphatic rings. The summed E-state index contributed by atoms with van der Waals surface area (Å²) < 4.78 is 7.66. The third-order valence-electron chi connectivity index (χ3n) is 8.41. The average molecular weight is 773 g/mol. The number of ether oxygens (including phenoxy) is 1. The third kappa shape index (κ3) is 6.31. The van der Waals surface area contributed by atoms with Gasteiger partial charge in [-0.05, 0) is 133 Å². The summed E-state index contributed by atoms with van der Waals surface area (Å²) in [5.74, 6) is 1.18. The number of rotatable bonds is 2. The smallest absolute Gasteiger partial charge is 0.411 e. The second-order valence-corrected chi connectivity index (χ2v) is 15.0. The number of fused-ring (bicyclic) bond motifs is 4. The van der Waals surface area contributed by atoms with E-state index in [2.05, 4.69) is 85.5 Å². The first-order valence-electron chi connectivity index (χ1n) is 13.9. The van der Waals surface area contributed by atoms with Gasteiger partial charge in [0.15, 0.2) is 0 Å². The van der Waals surface area contributed by atoms with Crippen LogP contribution in [0, 0.1) is 41.6 Å². The highest BCUT2D eigenvalue weighted by molar-refractivity contribution is 14.1. The molecule has 9 heteroatoms. The van der Waals surface area contributed by atoms with Crippen molar-refractivity contribution in [2.24, 2.45) is 11.8 Å². The number of allylic oxidation sites excluding steroid dienone is 2. The van der Waals surface area contributed by atoms with Crippen LogP contribution in [0.4, 0.5) is 4.79 Å². The molecule has 2 aromatic rings. The Balaban J connectivity index is 0.000000174. The molecule has 0 spiro atoms. The van der Waals surface area contributed by atoms with Crippen molar-refractivity contribution in [1.82, 2.24) is 14.9 Å². The molecule has 0 N–H and O–H groups in total. The molecule has 1 saturated carbocycles. The first-order valence-corrected chi connectivity index (χ1v) is 16.0. The summed E-state index contributed by atoms with van der Waals surface area (Å²) in [5.41, 5.74) is 0.570. The third-order valence-corrected chi connectivity index (χ3v) is 9.59. The lowest BCUT2D eigenvalue weighted by molar-refractivity contribution is 0.00562. The van der Waals surface area contributed by atoms with Gasteiger partial charge in [0.05, 0.1) is 35.1 Å². The fourth-order valence-corrected chi connectivity index (χ4v) is 7.67. The molecule has 0 radical (unpaired) electrons. The first-order chi connectivity index (χ1) is 19.5. The molecule has 2 unspecified atom stereocenters. The zero-order valence-corrected chi connectivity index (χ0v) is 27.7. The Labute approximate surface area is 269 Å². The van der Waals surface area contributed by atoms with Gasteiger partial charge >= 0.3 is 6.09 Å². The highest BCUT2D eigenvalue weighted by Crippen LogP contribution is 2.48. The number of aromatic nitrogens is 2. The van der Waals surface area contributed by atoms with Crippen LogP contribution < -0.4 is 0 Å². The van der Waals surface area contributed by atoms with Gasteiger partial charge in [0.1, 0.15) is 5.60 Å². The van der Waals surface area contributed by atoms with Crippen LogP contribution in [0.3, 0.4) is 0 Å². The maximum atomic E-state index is 12.5. The zero-order valence-electron chi connectivity index (χ0n) is 23.4. The van der Waals surface area contributed by atoms with Crippen LogP contribution in [-0.4, -0.2) is 38.6 Å². The van der Waals surface area contributed by atoms with Gasteiger partial charge in [0, 0.05) is 31.9 Å². The second kappa shape index (κ2) is 11.6. The zero-order chi connectivity index (χ0) is 29.4. The van der Waals surface area contributed by atoms with E-state index in [9.17, 15) is 15.3 Å². The Morgan fingerprint density at radius 2 is 1.32 bits per heavy atom. The summed E-state index contributed by atoms with van der Waals surface area (Å²) in [6.07, 6.45) is 19.9. The van der Waals surface area contributed by atoms with E-state index in [0.717, 1.165) is 31.1 Å². The largest absolute Gasteiger partial charge is 0.444 e. The molecule has 0 aromatic carbocycles. The van der Waals surface area contributed by atoms with E-state index in [1.165, 1.54) is 6.42 Å². The molecular formula is C32H33I2N5O2. The van der Waals surface area contributed by atoms with Gasteiger partial charge in [0.25, 0.3) is 0 Å². The standard InChI is InChI=1S/C18H20IN3O2.C14H13IN2/c1-17(2,3)24-16(23)22-14-4-5-15(22)8-18(7-14,11-20)12-6-13(19)10-21-9-12;15-13-4-12(7-17-8-13)14(9-16)5-10-1-2-11(3-10)6-14/h4-6,9-10,14-15H,7-8H2,1-3H3;1-2,4,7-8,10-11H,3,5-6H2/t14-,15+,18?;10-,11+,14?. The van der Waals surface area contributed by atoms with Crippen molar-refractivity contribution < 1.29 is 9.53 Å². The van der Waals surface area contributed by atoms with Gasteiger partial charge < -0.3 is 4.74 Å². The molecule has 4 bridgehead atoms. The minimum atomic E-state index is -0.620. The van der Waals surface area contributed by atoms with Crippen molar-refractivity contribution in [3.05, 3.63) is 79.5 Å². The maximum Gasteiger partial charge on any atom is 0.411 e. The van der Waals surface area contributed by atoms with E-state index >= 15 is 0 Å². The van der Waals surface area contributed by atoms with Gasteiger partial charge in [-0.1, -0.05) is 24.3 Å². The molecule has 2 aromatic heterocycles. The van der Waals surface area contributed by atoms with Crippen LogP contribution in [0.2, 0.25) is 0 Å². The summed E-state index contributed by atoms with van der Waals surface area (Å²) in [5, 5.41) is 19.6. The number of pyridine rings is 2. The van der Waals surface area contributed by atoms with Crippen LogP contribution >= 0.6 is 45.2 Å². The fourth-order valence-electron chi connectivity index (χ4n) is 6.68. The van der Waals surface area contributed by atoms with E-state index in [-0.39, 0.29) is 23.6 Å². The number of carbonyl (C=O) groups is 1. The van der Waals surface area contributed by atoms with Crippen LogP contribution in [0.5, 0.6) is 0 Å². The molecule has 2 aliphatic heterocycles. The Bertz CT molecular complexity index is 1440. The summed E-state index contributed by atoms with van der Waals surface area (Å²) in [7, 11) is 0. The number of amides is 1. The van der Waals surface area contributed by atoms with Crippen molar-refractivity contribution >= 4 is 51.3 Å². The highest BCUT2D eigenvalue weighted by atomic mass is 127. The van der Waals surface area contributed by atoms with Crippen LogP contribution in [0.1, 0.15) is 64.0 Å². The van der Waals surface area contributed by atoms with E-state index in [0.29, 0.717) is 24.7 Å². The first kappa shape index (κ1) is 30.0. The van der Waals surface area contributed by atoms with E-state index in [1.54, 1.807) is 17.3 Å². The van der Waals surface area contributed by atoms with E-state index in [4.69, 9.17) is 4.74 Å². The Hall–Kier alpha value is -2.51. The number of carbonyl (C=O) groups excluding carboxylic acids is 1. The SMILES string of the molecule is CC(C)(C)OC(=O)N1[C@@H]2C=C[C@H]1CC(C#N)(c1cncc(I)c1)C2.N#CC1(c2cncc(I)c2)C[C@@H]2C=C[C@@H](C2)C1. The average Bonchev–Trinajstić information content (AvgIpc) is 3.42. The predicted octanol–water partition coefficient (Wildman–Crippen LogP) is 7.22. The van der Waals surface area contributed by atoms with Crippen LogP contribution in [-0.2, 0) is 15.6 Å². The molecule has 212 valence electrons. The lowest BCUT2D eigenvalue weighted by Gasteiger charge is -2.43. The van der Waals surface area contributed by atoms with Crippen molar-refractivity contribution in [1.29, 1.82) is 10.5 Å². The van der Waals surface area contributed by atoms with Gasteiger partial charge in [0.2, 0.25) is 0 Å². The number of piperidine rings is 1. The van der Waals surface area contributed by atoms with E-state index in [1.807, 2.05) is 51.4 Å². The Morgan fingerprint density at radius 1 is 0.854 bits per heavy atom. The van der Waals surface area contributed by atoms with Crippen LogP contribution in [0.15, 0.2) is 61.2 Å². The molecule has 6 rings (SSSR count). The highest BCUT2D eigenvalue weighted by Gasteiger charge is 2.50. The predicted molar refractivity (Wildman–Crippen MR) is 172 cm³/mol. The van der Waals surface area contributed by atoms with Crippen LogP contribution in [0.25, 0.3) is 0 Å². The molecule has 2 aliphatic carbocycles. The van der Waals surface area contributed by atoms with Gasteiger partial charge in [-0.2, -0.15) is 10.5 Å². The van der Waals surface area contributed by atoms with Gasteiger partial charge in [-0.15, -0.1) is 0 Å². The van der Waals surface area contributed by atoms with Crippen molar-refractivity contribution in [2.45, 2.75) is 81.4 Å². The maximum absolute atomic E-state index is 12.5. The molecule has 7 nitrogen and oxygen atoms in total. The summed E-state index contributed by atoms with van der Waals surface area (Å²) in [6.45, 7) is 5.59. The van der Waals surface area contributed by atoms with Gasteiger partial charge in [-0.3, -0.25) is 14.9 Å². The Morgan fingerprint density at radius 3 is 1.73 bits per heavy atom. The van der Waals surface area contributed by atoms with Gasteiger partial charge in [-0.25, -0.2) is 4.79 Å². The monoisotopic (exact) mass is 773 g/mol. The number of halogens is 2. The summed E-state index contributed by atoms with van der Waals surface area (Å²) >= 11 is 4.47. The fraction of sp³-hybridized carbons (Fsp3) is 0.469. The lowest BCUT2D eigenvalue weighted by Crippen LogP contribution is -2.53. The molecule has 6 atom stereocenters. The van der Waals surface area contributed by atoms with E-state index < -0.39 is 11.0 Å². The lowest BCUT2D eigenvalue weighted by atomic mass is 9.66. The topological polar surface area (TPSA) is 103 Å². The molecule has 4 heterocycles. The molecule has 1 saturated heterocycles. The minimum Gasteiger partial charge on any atom is -0.444 e. The molecule has 41 heavy (non-hydrogen) atoms. The van der Waals surface area contributed by atoms with Crippen molar-refractivity contribution in [3.8, 4) is 12.1 Å². The quantitative estimate of drug-likeness (QED) is 0.236. The summed E-state index contributed by atoms with van der Waals surface area (Å²) in [6, 6.07) is 8.98. The van der Waals surface area contributed by atoms with Crippen molar-refractivity contribution in [2.75, 3.05) is 0 Å². The molecular weight excluding hydrogens is 740 g/mol. The van der Waals surface area contributed by atoms with Crippen molar-refractivity contribution in [3.63, 3.8) is 0 Å². The number of hydrogen-bond acceptors (Lipinski definition) is 6. The molecule has 2 fully saturated rings.